The predicted molar refractivity (Wildman–Crippen MR) is 88.9 cm³/mol. The zero-order valence-electron chi connectivity index (χ0n) is 13.8. The molecule has 1 aromatic heterocycles. The van der Waals surface area contributed by atoms with Gasteiger partial charge in [0.05, 0.1) is 7.11 Å². The highest BCUT2D eigenvalue weighted by Gasteiger charge is 2.27. The highest BCUT2D eigenvalue weighted by molar-refractivity contribution is 5.92. The van der Waals surface area contributed by atoms with Crippen molar-refractivity contribution in [3.63, 3.8) is 0 Å². The Morgan fingerprint density at radius 3 is 2.54 bits per heavy atom. The van der Waals surface area contributed by atoms with Crippen LogP contribution in [-0.2, 0) is 6.54 Å². The van der Waals surface area contributed by atoms with E-state index in [1.54, 1.807) is 7.11 Å². The van der Waals surface area contributed by atoms with Crippen LogP contribution in [0.1, 0.15) is 24.3 Å². The smallest absolute Gasteiger partial charge is 0.286 e. The lowest BCUT2D eigenvalue weighted by Crippen LogP contribution is -2.37. The van der Waals surface area contributed by atoms with Crippen LogP contribution in [0.5, 0.6) is 5.75 Å². The Bertz CT molecular complexity index is 813. The minimum atomic E-state index is -0.499. The van der Waals surface area contributed by atoms with E-state index in [9.17, 15) is 9.59 Å². The Morgan fingerprint density at radius 2 is 1.92 bits per heavy atom. The minimum Gasteiger partial charge on any atom is -0.497 e. The molecule has 2 heterocycles. The number of hydrogen-bond acceptors (Lipinski definition) is 6. The second-order valence-electron chi connectivity index (χ2n) is 5.78. The highest BCUT2D eigenvalue weighted by atomic mass is 16.5. The van der Waals surface area contributed by atoms with Gasteiger partial charge < -0.3 is 15.0 Å². The van der Waals surface area contributed by atoms with E-state index in [2.05, 4.69) is 15.5 Å². The van der Waals surface area contributed by atoms with Gasteiger partial charge in [0.15, 0.2) is 0 Å². The molecule has 1 amide bonds. The van der Waals surface area contributed by atoms with E-state index in [1.165, 1.54) is 4.57 Å². The summed E-state index contributed by atoms with van der Waals surface area (Å²) in [5.41, 5.74) is 0.285. The van der Waals surface area contributed by atoms with Crippen LogP contribution in [0.2, 0.25) is 0 Å². The summed E-state index contributed by atoms with van der Waals surface area (Å²) in [4.78, 5) is 26.4. The molecule has 1 N–H and O–H groups in total. The van der Waals surface area contributed by atoms with E-state index in [0.29, 0.717) is 19.0 Å². The molecule has 8 nitrogen and oxygen atoms in total. The fourth-order valence-corrected chi connectivity index (χ4v) is 2.59. The number of amides is 1. The molecule has 0 saturated heterocycles. The lowest BCUT2D eigenvalue weighted by molar-refractivity contribution is 0.0934. The van der Waals surface area contributed by atoms with Crippen LogP contribution in [0.4, 0.5) is 11.6 Å². The first-order valence-corrected chi connectivity index (χ1v) is 7.71. The number of fused-ring (bicyclic) bond motifs is 1. The molecule has 3 rings (SSSR count). The Hall–Kier alpha value is -2.90. The van der Waals surface area contributed by atoms with Crippen LogP contribution in [0.15, 0.2) is 29.1 Å². The first kappa shape index (κ1) is 16.0. The van der Waals surface area contributed by atoms with Crippen molar-refractivity contribution >= 4 is 17.5 Å². The Balaban J connectivity index is 1.93. The van der Waals surface area contributed by atoms with E-state index in [1.807, 2.05) is 43.0 Å². The molecule has 0 radical (unpaired) electrons. The topological polar surface area (TPSA) is 89.3 Å². The van der Waals surface area contributed by atoms with Gasteiger partial charge >= 0.3 is 0 Å². The lowest BCUT2D eigenvalue weighted by atomic mass is 10.3. The van der Waals surface area contributed by atoms with Crippen molar-refractivity contribution < 1.29 is 9.53 Å². The average molecular weight is 329 g/mol. The molecule has 0 fully saturated rings. The van der Waals surface area contributed by atoms with Crippen molar-refractivity contribution in [3.8, 4) is 5.75 Å². The second kappa shape index (κ2) is 6.31. The van der Waals surface area contributed by atoms with E-state index in [0.717, 1.165) is 11.4 Å². The normalized spacial score (nSPS) is 13.1. The van der Waals surface area contributed by atoms with Crippen molar-refractivity contribution in [3.05, 3.63) is 40.3 Å². The first-order valence-electron chi connectivity index (χ1n) is 7.71. The number of nitrogens with one attached hydrogen (secondary N) is 1. The summed E-state index contributed by atoms with van der Waals surface area (Å²) < 4.78 is 6.63. The van der Waals surface area contributed by atoms with Crippen LogP contribution in [0.3, 0.4) is 0 Å². The van der Waals surface area contributed by atoms with Crippen LogP contribution in [0.25, 0.3) is 0 Å². The molecule has 24 heavy (non-hydrogen) atoms. The summed E-state index contributed by atoms with van der Waals surface area (Å²) >= 11 is 0. The second-order valence-corrected chi connectivity index (χ2v) is 5.78. The predicted octanol–water partition coefficient (Wildman–Crippen LogP) is 0.937. The molecule has 0 saturated carbocycles. The van der Waals surface area contributed by atoms with Gasteiger partial charge in [0, 0.05) is 24.8 Å². The van der Waals surface area contributed by atoms with E-state index >= 15 is 0 Å². The summed E-state index contributed by atoms with van der Waals surface area (Å²) in [5.74, 6) is 0.689. The van der Waals surface area contributed by atoms with Gasteiger partial charge in [-0.1, -0.05) is 0 Å². The first-order chi connectivity index (χ1) is 11.5. The van der Waals surface area contributed by atoms with Gasteiger partial charge in [-0.05, 0) is 38.1 Å². The van der Waals surface area contributed by atoms with Gasteiger partial charge in [-0.15, -0.1) is 10.2 Å². The van der Waals surface area contributed by atoms with Crippen molar-refractivity contribution in [2.45, 2.75) is 26.4 Å². The number of nitrogens with zero attached hydrogens (tertiary/aromatic N) is 4. The van der Waals surface area contributed by atoms with Crippen LogP contribution in [0, 0.1) is 0 Å². The van der Waals surface area contributed by atoms with Crippen LogP contribution >= 0.6 is 0 Å². The monoisotopic (exact) mass is 329 g/mol. The highest BCUT2D eigenvalue weighted by Crippen LogP contribution is 2.28. The fourth-order valence-electron chi connectivity index (χ4n) is 2.59. The Kier molecular flexibility index (Phi) is 4.20. The summed E-state index contributed by atoms with van der Waals surface area (Å²) in [7, 11) is 1.61. The number of aromatic nitrogens is 3. The summed E-state index contributed by atoms with van der Waals surface area (Å²) in [6.07, 6.45) is 0. The summed E-state index contributed by atoms with van der Waals surface area (Å²) in [6, 6.07) is 7.38. The van der Waals surface area contributed by atoms with Gasteiger partial charge in [-0.2, -0.15) is 0 Å². The van der Waals surface area contributed by atoms with E-state index in [4.69, 9.17) is 4.74 Å². The zero-order valence-corrected chi connectivity index (χ0v) is 13.8. The molecular weight excluding hydrogens is 310 g/mol. The number of methoxy groups -OCH3 is 1. The Morgan fingerprint density at radius 1 is 1.21 bits per heavy atom. The Labute approximate surface area is 139 Å². The third kappa shape index (κ3) is 2.82. The maximum Gasteiger partial charge on any atom is 0.286 e. The molecule has 126 valence electrons. The number of carbonyl (C=O) groups is 1. The van der Waals surface area contributed by atoms with Gasteiger partial charge in [-0.3, -0.25) is 14.2 Å². The molecule has 2 aromatic rings. The molecule has 0 unspecified atom stereocenters. The quantitative estimate of drug-likeness (QED) is 0.898. The minimum absolute atomic E-state index is 0.0762. The van der Waals surface area contributed by atoms with E-state index in [-0.39, 0.29) is 11.7 Å². The van der Waals surface area contributed by atoms with Crippen molar-refractivity contribution in [1.29, 1.82) is 0 Å². The maximum atomic E-state index is 12.5. The molecule has 0 spiro atoms. The van der Waals surface area contributed by atoms with Crippen molar-refractivity contribution in [1.82, 2.24) is 20.1 Å². The van der Waals surface area contributed by atoms with Gasteiger partial charge in [0.1, 0.15) is 5.75 Å². The van der Waals surface area contributed by atoms with Crippen LogP contribution in [-0.4, -0.2) is 40.4 Å². The summed E-state index contributed by atoms with van der Waals surface area (Å²) in [5, 5.41) is 10.6. The molecular formula is C16H19N5O3. The standard InChI is InChI=1S/C16H19N5O3/c1-10(2)17-14(22)13-15(23)21-9-8-20(16(21)19-18-13)11-4-6-12(24-3)7-5-11/h4-7,10H,8-9H2,1-3H3,(H,17,22). The molecule has 1 aromatic carbocycles. The molecule has 0 atom stereocenters. The summed E-state index contributed by atoms with van der Waals surface area (Å²) in [6.45, 7) is 4.69. The number of rotatable bonds is 4. The average Bonchev–Trinajstić information content (AvgIpc) is 2.99. The SMILES string of the molecule is COc1ccc(N2CCn3c2nnc(C(=O)NC(C)C)c3=O)cc1. The largest absolute Gasteiger partial charge is 0.497 e. The third-order valence-electron chi connectivity index (χ3n) is 3.74. The molecule has 8 heteroatoms. The number of benzene rings is 1. The van der Waals surface area contributed by atoms with E-state index < -0.39 is 11.5 Å². The lowest BCUT2D eigenvalue weighted by Gasteiger charge is -2.17. The fraction of sp³-hybridized carbons (Fsp3) is 0.375. The molecule has 1 aliphatic heterocycles. The van der Waals surface area contributed by atoms with Crippen molar-refractivity contribution in [2.24, 2.45) is 0 Å². The maximum absolute atomic E-state index is 12.5. The van der Waals surface area contributed by atoms with Crippen LogP contribution < -0.4 is 20.5 Å². The van der Waals surface area contributed by atoms with Gasteiger partial charge in [0.25, 0.3) is 11.5 Å². The molecule has 0 bridgehead atoms. The number of hydrogen-bond donors (Lipinski definition) is 1. The number of ether oxygens (including phenoxy) is 1. The third-order valence-corrected chi connectivity index (χ3v) is 3.74. The zero-order chi connectivity index (χ0) is 17.3. The van der Waals surface area contributed by atoms with Gasteiger partial charge in [-0.25, -0.2) is 0 Å². The van der Waals surface area contributed by atoms with Crippen molar-refractivity contribution in [2.75, 3.05) is 18.6 Å². The number of anilines is 2. The molecule has 0 aliphatic carbocycles. The van der Waals surface area contributed by atoms with Gasteiger partial charge in [0.2, 0.25) is 11.6 Å². The molecule has 1 aliphatic rings. The number of carbonyl (C=O) groups excluding carboxylic acids is 1.